The molecule has 0 spiro atoms. The summed E-state index contributed by atoms with van der Waals surface area (Å²) in [6.45, 7) is 0.356. The van der Waals surface area contributed by atoms with Gasteiger partial charge in [-0.3, -0.25) is 9.59 Å². The highest BCUT2D eigenvalue weighted by atomic mass is 35.5. The van der Waals surface area contributed by atoms with Crippen LogP contribution in [0.2, 0.25) is 5.02 Å². The van der Waals surface area contributed by atoms with Gasteiger partial charge in [0.15, 0.2) is 0 Å². The summed E-state index contributed by atoms with van der Waals surface area (Å²) in [5, 5.41) is 0.317. The number of carbonyl (C=O) groups is 2. The van der Waals surface area contributed by atoms with Crippen molar-refractivity contribution < 1.29 is 19.1 Å². The second-order valence-corrected chi connectivity index (χ2v) is 8.10. The van der Waals surface area contributed by atoms with Crippen molar-refractivity contribution in [1.29, 1.82) is 0 Å². The molecule has 0 bridgehead atoms. The number of ether oxygens (including phenoxy) is 2. The molecule has 0 N–H and O–H groups in total. The van der Waals surface area contributed by atoms with Crippen molar-refractivity contribution in [2.45, 2.75) is 6.61 Å². The number of methoxy groups -OCH3 is 1. The molecule has 156 valence electrons. The number of rotatable bonds is 6. The monoisotopic (exact) mass is 451 g/mol. The standard InChI is InChI=1S/C24H18ClNO4S/c1-29-20-12-10-19(11-13-20)26-23(27)22(31-24(26)28)14-17-4-2-3-5-21(17)30-15-16-6-8-18(25)9-7-16/h2-14H,15H2,1H3/b22-14-. The van der Waals surface area contributed by atoms with Gasteiger partial charge in [-0.05, 0) is 65.9 Å². The fourth-order valence-corrected chi connectivity index (χ4v) is 3.99. The summed E-state index contributed by atoms with van der Waals surface area (Å²) in [6.07, 6.45) is 1.69. The molecule has 31 heavy (non-hydrogen) atoms. The average molecular weight is 452 g/mol. The van der Waals surface area contributed by atoms with Crippen LogP contribution >= 0.6 is 23.4 Å². The van der Waals surface area contributed by atoms with Crippen LogP contribution in [0.15, 0.2) is 77.7 Å². The Morgan fingerprint density at radius 3 is 2.39 bits per heavy atom. The topological polar surface area (TPSA) is 55.8 Å². The number of halogens is 1. The van der Waals surface area contributed by atoms with Gasteiger partial charge in [0.05, 0.1) is 17.7 Å². The van der Waals surface area contributed by atoms with Crippen LogP contribution in [-0.4, -0.2) is 18.3 Å². The van der Waals surface area contributed by atoms with Gasteiger partial charge in [0.2, 0.25) is 0 Å². The lowest BCUT2D eigenvalue weighted by Gasteiger charge is -2.13. The molecule has 0 aliphatic carbocycles. The highest BCUT2D eigenvalue weighted by Gasteiger charge is 2.36. The number of anilines is 1. The van der Waals surface area contributed by atoms with E-state index >= 15 is 0 Å². The molecule has 1 aliphatic rings. The van der Waals surface area contributed by atoms with Gasteiger partial charge in [-0.15, -0.1) is 0 Å². The van der Waals surface area contributed by atoms with E-state index in [4.69, 9.17) is 21.1 Å². The van der Waals surface area contributed by atoms with Gasteiger partial charge in [-0.1, -0.05) is 41.9 Å². The third kappa shape index (κ3) is 4.76. The lowest BCUT2D eigenvalue weighted by Crippen LogP contribution is -2.27. The summed E-state index contributed by atoms with van der Waals surface area (Å²) >= 11 is 6.83. The number of imide groups is 1. The van der Waals surface area contributed by atoms with Gasteiger partial charge in [0.25, 0.3) is 11.1 Å². The zero-order valence-electron chi connectivity index (χ0n) is 16.6. The Bertz CT molecular complexity index is 1140. The Morgan fingerprint density at radius 2 is 1.68 bits per heavy atom. The van der Waals surface area contributed by atoms with Crippen molar-refractivity contribution in [3.8, 4) is 11.5 Å². The molecule has 0 saturated carbocycles. The van der Waals surface area contributed by atoms with Crippen molar-refractivity contribution in [3.05, 3.63) is 93.9 Å². The van der Waals surface area contributed by atoms with Crippen LogP contribution in [-0.2, 0) is 11.4 Å². The molecule has 3 aromatic rings. The van der Waals surface area contributed by atoms with E-state index in [1.54, 1.807) is 49.6 Å². The summed E-state index contributed by atoms with van der Waals surface area (Å²) in [5.74, 6) is 0.902. The van der Waals surface area contributed by atoms with E-state index in [0.717, 1.165) is 27.8 Å². The van der Waals surface area contributed by atoms with Crippen LogP contribution in [0, 0.1) is 0 Å². The number of hydrogen-bond donors (Lipinski definition) is 0. The van der Waals surface area contributed by atoms with Crippen LogP contribution in [0.4, 0.5) is 10.5 Å². The van der Waals surface area contributed by atoms with Crippen molar-refractivity contribution in [3.63, 3.8) is 0 Å². The molecule has 0 unspecified atom stereocenters. The largest absolute Gasteiger partial charge is 0.497 e. The first-order chi connectivity index (χ1) is 15.0. The smallest absolute Gasteiger partial charge is 0.298 e. The zero-order valence-corrected chi connectivity index (χ0v) is 18.2. The van der Waals surface area contributed by atoms with Gasteiger partial charge in [0, 0.05) is 10.6 Å². The third-order valence-corrected chi connectivity index (χ3v) is 5.76. The fraction of sp³-hybridized carbons (Fsp3) is 0.0833. The molecule has 1 aliphatic heterocycles. The van der Waals surface area contributed by atoms with E-state index in [-0.39, 0.29) is 11.1 Å². The van der Waals surface area contributed by atoms with Crippen LogP contribution in [0.3, 0.4) is 0 Å². The number of carbonyl (C=O) groups excluding carboxylic acids is 2. The molecule has 3 aromatic carbocycles. The summed E-state index contributed by atoms with van der Waals surface area (Å²) in [5.41, 5.74) is 2.19. The normalized spacial score (nSPS) is 14.9. The van der Waals surface area contributed by atoms with Crippen molar-refractivity contribution in [1.82, 2.24) is 0 Å². The van der Waals surface area contributed by atoms with Crippen molar-refractivity contribution >= 4 is 46.3 Å². The van der Waals surface area contributed by atoms with Crippen molar-refractivity contribution in [2.24, 2.45) is 0 Å². The van der Waals surface area contributed by atoms with Gasteiger partial charge >= 0.3 is 0 Å². The number of benzene rings is 3. The molecule has 2 amide bonds. The van der Waals surface area contributed by atoms with E-state index in [2.05, 4.69) is 0 Å². The summed E-state index contributed by atoms with van der Waals surface area (Å²) in [6, 6.07) is 21.6. The number of amides is 2. The van der Waals surface area contributed by atoms with E-state index in [1.807, 2.05) is 36.4 Å². The van der Waals surface area contributed by atoms with E-state index in [0.29, 0.717) is 33.7 Å². The van der Waals surface area contributed by atoms with E-state index in [9.17, 15) is 9.59 Å². The van der Waals surface area contributed by atoms with Gasteiger partial charge in [-0.2, -0.15) is 0 Å². The van der Waals surface area contributed by atoms with E-state index in [1.165, 1.54) is 0 Å². The van der Waals surface area contributed by atoms with Crippen LogP contribution in [0.1, 0.15) is 11.1 Å². The number of para-hydroxylation sites is 1. The van der Waals surface area contributed by atoms with Crippen molar-refractivity contribution in [2.75, 3.05) is 12.0 Å². The SMILES string of the molecule is COc1ccc(N2C(=O)S/C(=C\c3ccccc3OCc3ccc(Cl)cc3)C2=O)cc1. The lowest BCUT2D eigenvalue weighted by molar-refractivity contribution is -0.113. The third-order valence-electron chi connectivity index (χ3n) is 4.64. The number of nitrogens with zero attached hydrogens (tertiary/aromatic N) is 1. The van der Waals surface area contributed by atoms with Crippen LogP contribution in [0.25, 0.3) is 6.08 Å². The minimum Gasteiger partial charge on any atom is -0.497 e. The minimum absolute atomic E-state index is 0.336. The second-order valence-electron chi connectivity index (χ2n) is 6.67. The minimum atomic E-state index is -0.368. The molecule has 7 heteroatoms. The predicted molar refractivity (Wildman–Crippen MR) is 124 cm³/mol. The second kappa shape index (κ2) is 9.29. The Balaban J connectivity index is 1.55. The first-order valence-electron chi connectivity index (χ1n) is 9.43. The number of hydrogen-bond acceptors (Lipinski definition) is 5. The maximum absolute atomic E-state index is 12.9. The Kier molecular flexibility index (Phi) is 6.30. The Morgan fingerprint density at radius 1 is 0.968 bits per heavy atom. The molecule has 0 aromatic heterocycles. The Labute approximate surface area is 189 Å². The highest BCUT2D eigenvalue weighted by Crippen LogP contribution is 2.37. The maximum atomic E-state index is 12.9. The van der Waals surface area contributed by atoms with Gasteiger partial charge < -0.3 is 9.47 Å². The summed E-state index contributed by atoms with van der Waals surface area (Å²) in [7, 11) is 1.56. The average Bonchev–Trinajstić information content (AvgIpc) is 3.07. The summed E-state index contributed by atoms with van der Waals surface area (Å²) in [4.78, 5) is 26.9. The lowest BCUT2D eigenvalue weighted by atomic mass is 10.1. The molecule has 0 radical (unpaired) electrons. The van der Waals surface area contributed by atoms with Gasteiger partial charge in [-0.25, -0.2) is 4.90 Å². The maximum Gasteiger partial charge on any atom is 0.298 e. The van der Waals surface area contributed by atoms with E-state index < -0.39 is 0 Å². The molecule has 1 heterocycles. The first-order valence-corrected chi connectivity index (χ1v) is 10.6. The van der Waals surface area contributed by atoms with Gasteiger partial charge in [0.1, 0.15) is 18.1 Å². The molecule has 4 rings (SSSR count). The predicted octanol–water partition coefficient (Wildman–Crippen LogP) is 6.17. The fourth-order valence-electron chi connectivity index (χ4n) is 3.04. The molecule has 1 saturated heterocycles. The first kappa shape index (κ1) is 21.0. The quantitative estimate of drug-likeness (QED) is 0.419. The molecule has 0 atom stereocenters. The van der Waals surface area contributed by atoms with Crippen LogP contribution < -0.4 is 14.4 Å². The summed E-state index contributed by atoms with van der Waals surface area (Å²) < 4.78 is 11.1. The zero-order chi connectivity index (χ0) is 21.8. The highest BCUT2D eigenvalue weighted by molar-refractivity contribution is 8.19. The van der Waals surface area contributed by atoms with Crippen LogP contribution in [0.5, 0.6) is 11.5 Å². The number of thioether (sulfide) groups is 1. The molecule has 1 fully saturated rings. The molecule has 5 nitrogen and oxygen atoms in total. The molecular weight excluding hydrogens is 434 g/mol. The molecular formula is C24H18ClNO4S. The Hall–Kier alpha value is -3.22.